The van der Waals surface area contributed by atoms with Crippen LogP contribution in [-0.2, 0) is 6.18 Å². The summed E-state index contributed by atoms with van der Waals surface area (Å²) in [4.78, 5) is 0. The zero-order chi connectivity index (χ0) is 14.8. The molecule has 1 aromatic carbocycles. The number of benzene rings is 1. The molecule has 0 saturated heterocycles. The van der Waals surface area contributed by atoms with Crippen molar-refractivity contribution in [1.29, 1.82) is 0 Å². The molecule has 1 aromatic rings. The minimum Gasteiger partial charge on any atom is -0.313 e. The van der Waals surface area contributed by atoms with Crippen molar-refractivity contribution in [3.8, 4) is 0 Å². The van der Waals surface area contributed by atoms with Gasteiger partial charge in [0.05, 0.1) is 5.56 Å². The second-order valence-electron chi connectivity index (χ2n) is 6.02. The standard InChI is InChI=1S/C16H22F3N/c1-15(10-6-3-7-11-15)14(20-2)12-8-4-5-9-13(12)16(17,18)19/h4-5,8-9,14,20H,3,6-7,10-11H2,1-2H3. The van der Waals surface area contributed by atoms with Crippen molar-refractivity contribution in [1.82, 2.24) is 5.32 Å². The second kappa shape index (κ2) is 5.76. The summed E-state index contributed by atoms with van der Waals surface area (Å²) in [5.74, 6) is 0. The molecule has 1 fully saturated rings. The van der Waals surface area contributed by atoms with E-state index in [9.17, 15) is 13.2 Å². The normalized spacial score (nSPS) is 20.6. The van der Waals surface area contributed by atoms with Gasteiger partial charge in [0.1, 0.15) is 0 Å². The van der Waals surface area contributed by atoms with Crippen molar-refractivity contribution in [2.24, 2.45) is 5.41 Å². The fraction of sp³-hybridized carbons (Fsp3) is 0.625. The summed E-state index contributed by atoms with van der Waals surface area (Å²) < 4.78 is 39.6. The highest BCUT2D eigenvalue weighted by Gasteiger charge is 2.41. The van der Waals surface area contributed by atoms with Gasteiger partial charge in [-0.3, -0.25) is 0 Å². The highest BCUT2D eigenvalue weighted by atomic mass is 19.4. The smallest absolute Gasteiger partial charge is 0.313 e. The molecule has 0 spiro atoms. The van der Waals surface area contributed by atoms with Crippen molar-refractivity contribution < 1.29 is 13.2 Å². The van der Waals surface area contributed by atoms with E-state index in [1.54, 1.807) is 19.2 Å². The molecule has 4 heteroatoms. The van der Waals surface area contributed by atoms with Crippen LogP contribution in [0.15, 0.2) is 24.3 Å². The molecule has 20 heavy (non-hydrogen) atoms. The van der Waals surface area contributed by atoms with Crippen molar-refractivity contribution >= 4 is 0 Å². The van der Waals surface area contributed by atoms with Gasteiger partial charge < -0.3 is 5.32 Å². The zero-order valence-corrected chi connectivity index (χ0v) is 12.1. The minimum atomic E-state index is -4.29. The number of rotatable bonds is 3. The lowest BCUT2D eigenvalue weighted by atomic mass is 9.68. The summed E-state index contributed by atoms with van der Waals surface area (Å²) in [5, 5.41) is 3.14. The Labute approximate surface area is 118 Å². The molecule has 1 unspecified atom stereocenters. The maximum Gasteiger partial charge on any atom is 0.416 e. The molecule has 1 N–H and O–H groups in total. The van der Waals surface area contributed by atoms with Gasteiger partial charge in [-0.05, 0) is 36.9 Å². The molecule has 1 atom stereocenters. The molecule has 0 heterocycles. The van der Waals surface area contributed by atoms with Crippen molar-refractivity contribution in [2.45, 2.75) is 51.2 Å². The molecule has 0 radical (unpaired) electrons. The van der Waals surface area contributed by atoms with Gasteiger partial charge >= 0.3 is 6.18 Å². The maximum atomic E-state index is 13.2. The number of hydrogen-bond donors (Lipinski definition) is 1. The summed E-state index contributed by atoms with van der Waals surface area (Å²) >= 11 is 0. The summed E-state index contributed by atoms with van der Waals surface area (Å²) in [6.07, 6.45) is 1.05. The quantitative estimate of drug-likeness (QED) is 0.829. The topological polar surface area (TPSA) is 12.0 Å². The third kappa shape index (κ3) is 3.00. The van der Waals surface area contributed by atoms with Crippen molar-refractivity contribution in [2.75, 3.05) is 7.05 Å². The van der Waals surface area contributed by atoms with E-state index in [1.165, 1.54) is 18.6 Å². The average molecular weight is 285 g/mol. The first-order chi connectivity index (χ1) is 9.38. The van der Waals surface area contributed by atoms with E-state index in [4.69, 9.17) is 0 Å². The van der Waals surface area contributed by atoms with E-state index in [0.29, 0.717) is 5.56 Å². The molecule has 2 rings (SSSR count). The lowest BCUT2D eigenvalue weighted by molar-refractivity contribution is -0.138. The monoisotopic (exact) mass is 285 g/mol. The molecule has 1 nitrogen and oxygen atoms in total. The Balaban J connectivity index is 2.42. The van der Waals surface area contributed by atoms with E-state index < -0.39 is 11.7 Å². The molecule has 0 aromatic heterocycles. The van der Waals surface area contributed by atoms with Crippen LogP contribution in [0.25, 0.3) is 0 Å². The molecule has 0 bridgehead atoms. The zero-order valence-electron chi connectivity index (χ0n) is 12.1. The molecule has 0 aliphatic heterocycles. The Morgan fingerprint density at radius 2 is 1.70 bits per heavy atom. The van der Waals surface area contributed by atoms with Crippen LogP contribution < -0.4 is 5.32 Å². The van der Waals surface area contributed by atoms with Crippen LogP contribution >= 0.6 is 0 Å². The van der Waals surface area contributed by atoms with Gasteiger partial charge in [-0.25, -0.2) is 0 Å². The molecular weight excluding hydrogens is 263 g/mol. The van der Waals surface area contributed by atoms with Crippen LogP contribution in [0.3, 0.4) is 0 Å². The van der Waals surface area contributed by atoms with E-state index in [2.05, 4.69) is 12.2 Å². The average Bonchev–Trinajstić information content (AvgIpc) is 2.39. The van der Waals surface area contributed by atoms with Gasteiger partial charge in [0.2, 0.25) is 0 Å². The lowest BCUT2D eigenvalue weighted by Crippen LogP contribution is -2.37. The Morgan fingerprint density at radius 1 is 1.10 bits per heavy atom. The van der Waals surface area contributed by atoms with E-state index in [1.807, 2.05) is 0 Å². The summed E-state index contributed by atoms with van der Waals surface area (Å²) in [5.41, 5.74) is -0.230. The summed E-state index contributed by atoms with van der Waals surface area (Å²) in [7, 11) is 1.76. The van der Waals surface area contributed by atoms with Gasteiger partial charge in [-0.2, -0.15) is 13.2 Å². The molecular formula is C16H22F3N. The SMILES string of the molecule is CNC(c1ccccc1C(F)(F)F)C1(C)CCCCC1. The van der Waals surface area contributed by atoms with Crippen LogP contribution in [-0.4, -0.2) is 7.05 Å². The summed E-state index contributed by atoms with van der Waals surface area (Å²) in [6.45, 7) is 2.11. The van der Waals surface area contributed by atoms with E-state index in [-0.39, 0.29) is 11.5 Å². The third-order valence-electron chi connectivity index (χ3n) is 4.56. The van der Waals surface area contributed by atoms with Crippen LogP contribution in [0.5, 0.6) is 0 Å². The Bertz CT molecular complexity index is 447. The van der Waals surface area contributed by atoms with E-state index in [0.717, 1.165) is 25.7 Å². The maximum absolute atomic E-state index is 13.2. The Morgan fingerprint density at radius 3 is 2.25 bits per heavy atom. The number of hydrogen-bond acceptors (Lipinski definition) is 1. The fourth-order valence-corrected chi connectivity index (χ4v) is 3.53. The minimum absolute atomic E-state index is 0.103. The van der Waals surface area contributed by atoms with Crippen molar-refractivity contribution in [3.05, 3.63) is 35.4 Å². The van der Waals surface area contributed by atoms with E-state index >= 15 is 0 Å². The Kier molecular flexibility index (Phi) is 4.43. The highest BCUT2D eigenvalue weighted by Crippen LogP contribution is 2.48. The summed E-state index contributed by atoms with van der Waals surface area (Å²) in [6, 6.07) is 5.71. The lowest BCUT2D eigenvalue weighted by Gasteiger charge is -2.41. The molecule has 1 aliphatic carbocycles. The third-order valence-corrected chi connectivity index (χ3v) is 4.56. The van der Waals surface area contributed by atoms with Crippen LogP contribution in [0.1, 0.15) is 56.2 Å². The van der Waals surface area contributed by atoms with Gasteiger partial charge in [0.15, 0.2) is 0 Å². The molecule has 0 amide bonds. The molecule has 1 saturated carbocycles. The first-order valence-corrected chi connectivity index (χ1v) is 7.22. The fourth-order valence-electron chi connectivity index (χ4n) is 3.53. The number of nitrogens with one attached hydrogen (secondary N) is 1. The largest absolute Gasteiger partial charge is 0.416 e. The number of alkyl halides is 3. The van der Waals surface area contributed by atoms with Gasteiger partial charge in [-0.1, -0.05) is 44.4 Å². The van der Waals surface area contributed by atoms with Gasteiger partial charge in [0, 0.05) is 6.04 Å². The van der Waals surface area contributed by atoms with Crippen LogP contribution in [0.4, 0.5) is 13.2 Å². The predicted molar refractivity (Wildman–Crippen MR) is 74.4 cm³/mol. The first-order valence-electron chi connectivity index (χ1n) is 7.22. The predicted octanol–water partition coefficient (Wildman–Crippen LogP) is 4.94. The van der Waals surface area contributed by atoms with Crippen LogP contribution in [0, 0.1) is 5.41 Å². The molecule has 112 valence electrons. The van der Waals surface area contributed by atoms with Gasteiger partial charge in [0.25, 0.3) is 0 Å². The van der Waals surface area contributed by atoms with Crippen molar-refractivity contribution in [3.63, 3.8) is 0 Å². The van der Waals surface area contributed by atoms with Gasteiger partial charge in [-0.15, -0.1) is 0 Å². The first kappa shape index (κ1) is 15.4. The van der Waals surface area contributed by atoms with Crippen LogP contribution in [0.2, 0.25) is 0 Å². The number of halogens is 3. The Hall–Kier alpha value is -1.03. The molecule has 1 aliphatic rings. The highest BCUT2D eigenvalue weighted by molar-refractivity contribution is 5.33. The second-order valence-corrected chi connectivity index (χ2v) is 6.02.